The monoisotopic (exact) mass is 337 g/mol. The minimum atomic E-state index is 0.402. The molecule has 6 heteroatoms. The first kappa shape index (κ1) is 13.5. The van der Waals surface area contributed by atoms with E-state index in [1.54, 1.807) is 0 Å². The fourth-order valence-corrected chi connectivity index (χ4v) is 3.01. The van der Waals surface area contributed by atoms with Crippen LogP contribution < -0.4 is 15.2 Å². The molecule has 0 atom stereocenters. The van der Waals surface area contributed by atoms with Crippen molar-refractivity contribution in [1.82, 2.24) is 9.55 Å². The standard InChI is InChI=1S/C14H16BrN3O2/c1-18-12(8-16)17-14(15)13(18)9-3-4-10-11(7-9)20-6-2-5-19-10/h3-4,7H,2,5-6,8,16H2,1H3. The van der Waals surface area contributed by atoms with Crippen LogP contribution in [0.4, 0.5) is 0 Å². The Morgan fingerprint density at radius 2 is 2.05 bits per heavy atom. The second kappa shape index (κ2) is 5.46. The number of imidazole rings is 1. The van der Waals surface area contributed by atoms with Crippen molar-refractivity contribution in [2.24, 2.45) is 12.8 Å². The topological polar surface area (TPSA) is 62.3 Å². The van der Waals surface area contributed by atoms with E-state index in [-0.39, 0.29) is 0 Å². The lowest BCUT2D eigenvalue weighted by Gasteiger charge is -2.10. The van der Waals surface area contributed by atoms with Crippen LogP contribution in [0.25, 0.3) is 11.3 Å². The molecule has 3 rings (SSSR count). The summed E-state index contributed by atoms with van der Waals surface area (Å²) >= 11 is 3.50. The summed E-state index contributed by atoms with van der Waals surface area (Å²) < 4.78 is 14.2. The molecule has 5 nitrogen and oxygen atoms in total. The van der Waals surface area contributed by atoms with Gasteiger partial charge < -0.3 is 19.8 Å². The Morgan fingerprint density at radius 1 is 1.30 bits per heavy atom. The van der Waals surface area contributed by atoms with Crippen LogP contribution in [0, 0.1) is 0 Å². The van der Waals surface area contributed by atoms with E-state index < -0.39 is 0 Å². The lowest BCUT2D eigenvalue weighted by molar-refractivity contribution is 0.297. The fourth-order valence-electron chi connectivity index (χ4n) is 2.31. The highest BCUT2D eigenvalue weighted by Crippen LogP contribution is 2.36. The maximum atomic E-state index is 5.73. The summed E-state index contributed by atoms with van der Waals surface area (Å²) in [4.78, 5) is 4.42. The first-order chi connectivity index (χ1) is 9.70. The molecule has 0 spiro atoms. The molecule has 1 aromatic heterocycles. The van der Waals surface area contributed by atoms with Crippen molar-refractivity contribution in [1.29, 1.82) is 0 Å². The van der Waals surface area contributed by atoms with Gasteiger partial charge in [-0.2, -0.15) is 0 Å². The lowest BCUT2D eigenvalue weighted by atomic mass is 10.1. The predicted molar refractivity (Wildman–Crippen MR) is 79.8 cm³/mol. The fraction of sp³-hybridized carbons (Fsp3) is 0.357. The molecular formula is C14H16BrN3O2. The molecule has 0 radical (unpaired) electrons. The molecule has 106 valence electrons. The number of benzene rings is 1. The van der Waals surface area contributed by atoms with E-state index in [4.69, 9.17) is 15.2 Å². The van der Waals surface area contributed by atoms with Gasteiger partial charge in [-0.25, -0.2) is 4.98 Å². The average molecular weight is 338 g/mol. The van der Waals surface area contributed by atoms with Crippen LogP contribution in [-0.2, 0) is 13.6 Å². The predicted octanol–water partition coefficient (Wildman–Crippen LogP) is 2.47. The van der Waals surface area contributed by atoms with E-state index in [2.05, 4.69) is 20.9 Å². The number of rotatable bonds is 2. The lowest BCUT2D eigenvalue weighted by Crippen LogP contribution is -2.05. The van der Waals surface area contributed by atoms with Crippen LogP contribution in [0.1, 0.15) is 12.2 Å². The number of nitrogens with zero attached hydrogens (tertiary/aromatic N) is 2. The van der Waals surface area contributed by atoms with E-state index in [0.29, 0.717) is 19.8 Å². The number of halogens is 1. The Balaban J connectivity index is 2.07. The van der Waals surface area contributed by atoms with Gasteiger partial charge in [0.15, 0.2) is 11.5 Å². The first-order valence-electron chi connectivity index (χ1n) is 6.52. The third-order valence-corrected chi connectivity index (χ3v) is 3.90. The van der Waals surface area contributed by atoms with Gasteiger partial charge in [0.2, 0.25) is 0 Å². The second-order valence-electron chi connectivity index (χ2n) is 4.64. The molecule has 2 N–H and O–H groups in total. The molecule has 2 aromatic rings. The highest BCUT2D eigenvalue weighted by Gasteiger charge is 2.17. The molecule has 20 heavy (non-hydrogen) atoms. The Labute approximate surface area is 125 Å². The number of fused-ring (bicyclic) bond motifs is 1. The summed E-state index contributed by atoms with van der Waals surface area (Å²) in [5, 5.41) is 0. The molecule has 2 heterocycles. The summed E-state index contributed by atoms with van der Waals surface area (Å²) in [5.74, 6) is 2.41. The van der Waals surface area contributed by atoms with Crippen LogP contribution in [0.5, 0.6) is 11.5 Å². The zero-order valence-corrected chi connectivity index (χ0v) is 12.8. The van der Waals surface area contributed by atoms with E-state index in [9.17, 15) is 0 Å². The van der Waals surface area contributed by atoms with E-state index in [1.807, 2.05) is 29.8 Å². The second-order valence-corrected chi connectivity index (χ2v) is 5.39. The van der Waals surface area contributed by atoms with Gasteiger partial charge in [-0.05, 0) is 34.1 Å². The van der Waals surface area contributed by atoms with Gasteiger partial charge in [0.05, 0.1) is 25.5 Å². The minimum Gasteiger partial charge on any atom is -0.490 e. The van der Waals surface area contributed by atoms with Gasteiger partial charge in [0.25, 0.3) is 0 Å². The Hall–Kier alpha value is -1.53. The van der Waals surface area contributed by atoms with Crippen molar-refractivity contribution in [3.05, 3.63) is 28.6 Å². The summed E-state index contributed by atoms with van der Waals surface area (Å²) in [7, 11) is 1.96. The number of ether oxygens (including phenoxy) is 2. The molecule has 1 aliphatic heterocycles. The molecule has 0 fully saturated rings. The molecule has 0 amide bonds. The number of hydrogen-bond donors (Lipinski definition) is 1. The normalized spacial score (nSPS) is 14.2. The molecule has 1 aromatic carbocycles. The van der Waals surface area contributed by atoms with Gasteiger partial charge in [-0.15, -0.1) is 0 Å². The van der Waals surface area contributed by atoms with E-state index in [1.165, 1.54) is 0 Å². The third-order valence-electron chi connectivity index (χ3n) is 3.35. The van der Waals surface area contributed by atoms with Crippen LogP contribution in [0.3, 0.4) is 0 Å². The van der Waals surface area contributed by atoms with Gasteiger partial charge in [0, 0.05) is 19.0 Å². The van der Waals surface area contributed by atoms with Crippen molar-refractivity contribution in [3.8, 4) is 22.8 Å². The number of aromatic nitrogens is 2. The van der Waals surface area contributed by atoms with E-state index >= 15 is 0 Å². The largest absolute Gasteiger partial charge is 0.490 e. The van der Waals surface area contributed by atoms with Crippen molar-refractivity contribution in [2.75, 3.05) is 13.2 Å². The summed E-state index contributed by atoms with van der Waals surface area (Å²) in [6.07, 6.45) is 0.900. The smallest absolute Gasteiger partial charge is 0.161 e. The van der Waals surface area contributed by atoms with Crippen molar-refractivity contribution in [3.63, 3.8) is 0 Å². The van der Waals surface area contributed by atoms with Gasteiger partial charge in [-0.3, -0.25) is 0 Å². The van der Waals surface area contributed by atoms with Crippen molar-refractivity contribution < 1.29 is 9.47 Å². The van der Waals surface area contributed by atoms with Crippen molar-refractivity contribution >= 4 is 15.9 Å². The molecule has 0 aliphatic carbocycles. The average Bonchev–Trinajstić information content (AvgIpc) is 2.64. The molecule has 0 saturated carbocycles. The SMILES string of the molecule is Cn1c(CN)nc(Br)c1-c1ccc2c(c1)OCCCO2. The Bertz CT molecular complexity index is 640. The number of hydrogen-bond acceptors (Lipinski definition) is 4. The molecule has 0 saturated heterocycles. The Kier molecular flexibility index (Phi) is 3.67. The molecule has 1 aliphatic rings. The minimum absolute atomic E-state index is 0.402. The van der Waals surface area contributed by atoms with Crippen molar-refractivity contribution in [2.45, 2.75) is 13.0 Å². The summed E-state index contributed by atoms with van der Waals surface area (Å²) in [6, 6.07) is 5.94. The highest BCUT2D eigenvalue weighted by molar-refractivity contribution is 9.10. The summed E-state index contributed by atoms with van der Waals surface area (Å²) in [5.41, 5.74) is 7.70. The van der Waals surface area contributed by atoms with Gasteiger partial charge in [-0.1, -0.05) is 0 Å². The zero-order valence-electron chi connectivity index (χ0n) is 11.2. The molecule has 0 unspecified atom stereocenters. The van der Waals surface area contributed by atoms with Gasteiger partial charge >= 0.3 is 0 Å². The first-order valence-corrected chi connectivity index (χ1v) is 7.31. The van der Waals surface area contributed by atoms with Crippen LogP contribution >= 0.6 is 15.9 Å². The zero-order chi connectivity index (χ0) is 14.1. The van der Waals surface area contributed by atoms with E-state index in [0.717, 1.165) is 39.6 Å². The quantitative estimate of drug-likeness (QED) is 0.914. The third kappa shape index (κ3) is 2.29. The maximum Gasteiger partial charge on any atom is 0.161 e. The summed E-state index contributed by atoms with van der Waals surface area (Å²) in [6.45, 7) is 1.77. The van der Waals surface area contributed by atoms with Crippen LogP contribution in [0.2, 0.25) is 0 Å². The Morgan fingerprint density at radius 3 is 2.75 bits per heavy atom. The molecule has 0 bridgehead atoms. The van der Waals surface area contributed by atoms with Gasteiger partial charge in [0.1, 0.15) is 10.4 Å². The highest BCUT2D eigenvalue weighted by atomic mass is 79.9. The molecular weight excluding hydrogens is 322 g/mol. The van der Waals surface area contributed by atoms with Crippen LogP contribution in [-0.4, -0.2) is 22.8 Å². The number of nitrogens with two attached hydrogens (primary N) is 1. The van der Waals surface area contributed by atoms with Crippen LogP contribution in [0.15, 0.2) is 22.8 Å². The maximum absolute atomic E-state index is 5.73.